The van der Waals surface area contributed by atoms with Crippen molar-refractivity contribution < 1.29 is 9.47 Å². The monoisotopic (exact) mass is 309 g/mol. The third kappa shape index (κ3) is 4.42. The highest BCUT2D eigenvalue weighted by Crippen LogP contribution is 2.36. The van der Waals surface area contributed by atoms with Crippen molar-refractivity contribution in [3.63, 3.8) is 0 Å². The van der Waals surface area contributed by atoms with Gasteiger partial charge in [0.1, 0.15) is 5.54 Å². The van der Waals surface area contributed by atoms with E-state index >= 15 is 0 Å². The summed E-state index contributed by atoms with van der Waals surface area (Å²) in [6.45, 7) is 14.8. The van der Waals surface area contributed by atoms with Gasteiger partial charge >= 0.3 is 0 Å². The molecule has 2 fully saturated rings. The summed E-state index contributed by atoms with van der Waals surface area (Å²) in [5.41, 5.74) is -0.543. The van der Waals surface area contributed by atoms with Crippen LogP contribution in [0.15, 0.2) is 0 Å². The fourth-order valence-electron chi connectivity index (χ4n) is 3.59. The summed E-state index contributed by atoms with van der Waals surface area (Å²) in [5, 5.41) is 9.81. The second-order valence-corrected chi connectivity index (χ2v) is 7.43. The molecular weight excluding hydrogens is 278 g/mol. The van der Waals surface area contributed by atoms with Crippen molar-refractivity contribution in [2.24, 2.45) is 0 Å². The Hall–Kier alpha value is -0.670. The molecule has 2 aliphatic heterocycles. The number of rotatable bonds is 5. The maximum absolute atomic E-state index is 9.81. The van der Waals surface area contributed by atoms with Gasteiger partial charge in [0.15, 0.2) is 0 Å². The molecule has 0 spiro atoms. The molecule has 2 saturated heterocycles. The van der Waals surface area contributed by atoms with Crippen molar-refractivity contribution >= 4 is 0 Å². The lowest BCUT2D eigenvalue weighted by Crippen LogP contribution is -2.61. The van der Waals surface area contributed by atoms with Crippen molar-refractivity contribution in [2.45, 2.75) is 57.8 Å². The Morgan fingerprint density at radius 2 is 1.91 bits per heavy atom. The Morgan fingerprint density at radius 1 is 1.23 bits per heavy atom. The summed E-state index contributed by atoms with van der Waals surface area (Å²) in [6, 6.07) is 2.62. The Labute approximate surface area is 135 Å². The number of nitrogens with zero attached hydrogens (tertiary/aromatic N) is 3. The van der Waals surface area contributed by atoms with Crippen LogP contribution in [0.5, 0.6) is 0 Å². The molecule has 2 aliphatic rings. The molecule has 126 valence electrons. The lowest BCUT2D eigenvalue weighted by atomic mass is 9.80. The smallest absolute Gasteiger partial charge is 0.114 e. The normalized spacial score (nSPS) is 30.4. The predicted molar refractivity (Wildman–Crippen MR) is 86.7 cm³/mol. The van der Waals surface area contributed by atoms with Crippen molar-refractivity contribution in [1.29, 1.82) is 5.26 Å². The van der Waals surface area contributed by atoms with Crippen LogP contribution in [-0.4, -0.2) is 73.0 Å². The fraction of sp³-hybridized carbons (Fsp3) is 0.941. The molecule has 0 radical (unpaired) electrons. The average molecular weight is 309 g/mol. The summed E-state index contributed by atoms with van der Waals surface area (Å²) in [4.78, 5) is 4.82. The minimum Gasteiger partial charge on any atom is -0.377 e. The molecule has 1 atom stereocenters. The minimum absolute atomic E-state index is 0.198. The molecule has 0 amide bonds. The number of hydrogen-bond acceptors (Lipinski definition) is 5. The highest BCUT2D eigenvalue weighted by atomic mass is 16.5. The zero-order valence-corrected chi connectivity index (χ0v) is 14.6. The molecule has 0 saturated carbocycles. The van der Waals surface area contributed by atoms with E-state index in [2.05, 4.69) is 43.6 Å². The number of nitriles is 1. The Morgan fingerprint density at radius 3 is 2.45 bits per heavy atom. The molecule has 2 heterocycles. The Balaban J connectivity index is 1.86. The average Bonchev–Trinajstić information content (AvgIpc) is 2.46. The largest absolute Gasteiger partial charge is 0.377 e. The van der Waals surface area contributed by atoms with E-state index in [-0.39, 0.29) is 11.1 Å². The predicted octanol–water partition coefficient (Wildman–Crippen LogP) is 1.88. The fourth-order valence-corrected chi connectivity index (χ4v) is 3.59. The summed E-state index contributed by atoms with van der Waals surface area (Å²) >= 11 is 0. The summed E-state index contributed by atoms with van der Waals surface area (Å²) in [5.74, 6) is 0. The molecule has 5 heteroatoms. The third-order valence-electron chi connectivity index (χ3n) is 4.77. The van der Waals surface area contributed by atoms with Crippen LogP contribution in [0.4, 0.5) is 0 Å². The van der Waals surface area contributed by atoms with Gasteiger partial charge in [-0.1, -0.05) is 0 Å². The quantitative estimate of drug-likeness (QED) is 0.776. The van der Waals surface area contributed by atoms with Gasteiger partial charge in [-0.15, -0.1) is 0 Å². The SMILES string of the molecule is CC(C)OCCN1CCN(C2(C#N)CCOC(C)(C)C2)CC1. The van der Waals surface area contributed by atoms with E-state index in [1.807, 2.05) is 0 Å². The van der Waals surface area contributed by atoms with Gasteiger partial charge in [0.25, 0.3) is 0 Å². The maximum atomic E-state index is 9.81. The Kier molecular flexibility index (Phi) is 5.84. The van der Waals surface area contributed by atoms with Crippen LogP contribution < -0.4 is 0 Å². The van der Waals surface area contributed by atoms with Gasteiger partial charge in [0.05, 0.1) is 31.0 Å². The third-order valence-corrected chi connectivity index (χ3v) is 4.77. The molecule has 0 bridgehead atoms. The summed E-state index contributed by atoms with van der Waals surface area (Å²) in [7, 11) is 0. The summed E-state index contributed by atoms with van der Waals surface area (Å²) < 4.78 is 11.4. The van der Waals surface area contributed by atoms with Gasteiger partial charge in [0.2, 0.25) is 0 Å². The van der Waals surface area contributed by atoms with Crippen LogP contribution in [0.25, 0.3) is 0 Å². The first kappa shape index (κ1) is 17.7. The number of ether oxygens (including phenoxy) is 2. The van der Waals surface area contributed by atoms with Crippen LogP contribution in [0, 0.1) is 11.3 Å². The zero-order valence-electron chi connectivity index (χ0n) is 14.6. The highest BCUT2D eigenvalue weighted by Gasteiger charge is 2.46. The van der Waals surface area contributed by atoms with Crippen LogP contribution in [0.2, 0.25) is 0 Å². The molecule has 0 aromatic rings. The lowest BCUT2D eigenvalue weighted by molar-refractivity contribution is -0.109. The van der Waals surface area contributed by atoms with Gasteiger partial charge in [0, 0.05) is 45.6 Å². The molecular formula is C17H31N3O2. The van der Waals surface area contributed by atoms with E-state index in [4.69, 9.17) is 9.47 Å². The first-order chi connectivity index (χ1) is 10.4. The topological polar surface area (TPSA) is 48.7 Å². The first-order valence-corrected chi connectivity index (χ1v) is 8.51. The van der Waals surface area contributed by atoms with E-state index in [0.29, 0.717) is 12.7 Å². The van der Waals surface area contributed by atoms with E-state index in [9.17, 15) is 5.26 Å². The van der Waals surface area contributed by atoms with Gasteiger partial charge in [-0.3, -0.25) is 9.80 Å². The van der Waals surface area contributed by atoms with E-state index in [1.54, 1.807) is 0 Å². The van der Waals surface area contributed by atoms with E-state index in [0.717, 1.165) is 52.2 Å². The van der Waals surface area contributed by atoms with Crippen LogP contribution in [0.1, 0.15) is 40.5 Å². The van der Waals surface area contributed by atoms with Crippen molar-refractivity contribution in [3.05, 3.63) is 0 Å². The van der Waals surface area contributed by atoms with Crippen LogP contribution >= 0.6 is 0 Å². The Bertz CT molecular complexity index is 397. The van der Waals surface area contributed by atoms with E-state index < -0.39 is 0 Å². The lowest BCUT2D eigenvalue weighted by Gasteiger charge is -2.49. The van der Waals surface area contributed by atoms with Gasteiger partial charge < -0.3 is 9.47 Å². The van der Waals surface area contributed by atoms with Crippen LogP contribution in [-0.2, 0) is 9.47 Å². The van der Waals surface area contributed by atoms with Crippen molar-refractivity contribution in [3.8, 4) is 6.07 Å². The highest BCUT2D eigenvalue weighted by molar-refractivity contribution is 5.13. The van der Waals surface area contributed by atoms with Crippen molar-refractivity contribution in [2.75, 3.05) is 45.9 Å². The minimum atomic E-state index is -0.345. The second kappa shape index (κ2) is 7.27. The van der Waals surface area contributed by atoms with Crippen molar-refractivity contribution in [1.82, 2.24) is 9.80 Å². The molecule has 22 heavy (non-hydrogen) atoms. The van der Waals surface area contributed by atoms with Crippen LogP contribution in [0.3, 0.4) is 0 Å². The molecule has 0 aromatic heterocycles. The molecule has 1 unspecified atom stereocenters. The molecule has 5 nitrogen and oxygen atoms in total. The molecule has 0 aliphatic carbocycles. The molecule has 2 rings (SSSR count). The number of hydrogen-bond donors (Lipinski definition) is 0. The van der Waals surface area contributed by atoms with Gasteiger partial charge in [-0.2, -0.15) is 5.26 Å². The standard InChI is InChI=1S/C17H31N3O2/c1-15(2)21-12-10-19-6-8-20(9-7-19)17(14-18)5-11-22-16(3,4)13-17/h15H,5-13H2,1-4H3. The second-order valence-electron chi connectivity index (χ2n) is 7.43. The maximum Gasteiger partial charge on any atom is 0.114 e. The molecule has 0 aromatic carbocycles. The summed E-state index contributed by atoms with van der Waals surface area (Å²) in [6.07, 6.45) is 1.92. The van der Waals surface area contributed by atoms with Gasteiger partial charge in [-0.25, -0.2) is 0 Å². The number of piperazine rings is 1. The molecule has 0 N–H and O–H groups in total. The van der Waals surface area contributed by atoms with E-state index in [1.165, 1.54) is 0 Å². The first-order valence-electron chi connectivity index (χ1n) is 8.51. The zero-order chi connectivity index (χ0) is 16.2. The van der Waals surface area contributed by atoms with Gasteiger partial charge in [-0.05, 0) is 27.7 Å².